The predicted octanol–water partition coefficient (Wildman–Crippen LogP) is 6.45. The zero-order valence-corrected chi connectivity index (χ0v) is 22.2. The molecule has 39 heavy (non-hydrogen) atoms. The van der Waals surface area contributed by atoms with Crippen LogP contribution in [0.1, 0.15) is 12.6 Å². The Morgan fingerprint density at radius 3 is 2.67 bits per heavy atom. The van der Waals surface area contributed by atoms with Gasteiger partial charge < -0.3 is 15.2 Å². The van der Waals surface area contributed by atoms with E-state index in [1.165, 1.54) is 6.07 Å². The van der Waals surface area contributed by atoms with Gasteiger partial charge in [-0.2, -0.15) is 5.10 Å². The molecule has 5 rings (SSSR count). The van der Waals surface area contributed by atoms with Crippen molar-refractivity contribution in [1.29, 1.82) is 0 Å². The summed E-state index contributed by atoms with van der Waals surface area (Å²) in [6.07, 6.45) is 9.17. The van der Waals surface area contributed by atoms with Gasteiger partial charge >= 0.3 is 0 Å². The maximum Gasteiger partial charge on any atom is 0.135 e. The first-order valence-corrected chi connectivity index (χ1v) is 12.6. The lowest BCUT2D eigenvalue weighted by Crippen LogP contribution is -2.23. The van der Waals surface area contributed by atoms with Crippen molar-refractivity contribution in [2.75, 3.05) is 20.6 Å². The number of allylic oxidation sites excluding steroid dienone is 4. The maximum atomic E-state index is 14.6. The van der Waals surface area contributed by atoms with Crippen LogP contribution in [0.25, 0.3) is 50.0 Å². The number of benzene rings is 1. The third-order valence-corrected chi connectivity index (χ3v) is 6.34. The van der Waals surface area contributed by atoms with E-state index >= 15 is 0 Å². The molecule has 0 bridgehead atoms. The summed E-state index contributed by atoms with van der Waals surface area (Å²) in [4.78, 5) is 14.7. The number of hydrogen-bond acceptors (Lipinski definition) is 5. The minimum atomic E-state index is -0.295. The number of fused-ring (bicyclic) bond motifs is 2. The van der Waals surface area contributed by atoms with E-state index in [1.807, 2.05) is 62.3 Å². The number of rotatable bonds is 9. The Morgan fingerprint density at radius 2 is 1.92 bits per heavy atom. The quantitative estimate of drug-likeness (QED) is 0.195. The van der Waals surface area contributed by atoms with Crippen LogP contribution in [0.15, 0.2) is 97.6 Å². The molecule has 1 aromatic carbocycles. The summed E-state index contributed by atoms with van der Waals surface area (Å²) in [5.74, 6) is -0.295. The molecule has 4 aromatic heterocycles. The summed E-state index contributed by atoms with van der Waals surface area (Å²) < 4.78 is 14.6. The van der Waals surface area contributed by atoms with Crippen LogP contribution in [0.2, 0.25) is 0 Å². The number of pyridine rings is 2. The van der Waals surface area contributed by atoms with Gasteiger partial charge in [0.15, 0.2) is 0 Å². The van der Waals surface area contributed by atoms with Crippen LogP contribution in [0, 0.1) is 5.82 Å². The molecule has 0 aliphatic heterocycles. The molecule has 0 unspecified atom stereocenters. The monoisotopic (exact) mass is 519 g/mol. The van der Waals surface area contributed by atoms with Crippen LogP contribution in [0.4, 0.5) is 4.39 Å². The highest BCUT2D eigenvalue weighted by molar-refractivity contribution is 6.00. The average molecular weight is 520 g/mol. The molecular weight excluding hydrogens is 489 g/mol. The fourth-order valence-corrected chi connectivity index (χ4v) is 4.56. The van der Waals surface area contributed by atoms with Crippen molar-refractivity contribution in [2.24, 2.45) is 0 Å². The van der Waals surface area contributed by atoms with Gasteiger partial charge in [0.2, 0.25) is 0 Å². The van der Waals surface area contributed by atoms with Gasteiger partial charge in [-0.05, 0) is 63.0 Å². The van der Waals surface area contributed by atoms with Crippen LogP contribution in [0.5, 0.6) is 0 Å². The van der Waals surface area contributed by atoms with E-state index in [0.29, 0.717) is 23.4 Å². The number of nitrogens with one attached hydrogen (secondary N) is 3. The molecule has 0 saturated carbocycles. The van der Waals surface area contributed by atoms with Gasteiger partial charge in [0, 0.05) is 40.6 Å². The number of halogens is 1. The molecule has 196 valence electrons. The molecule has 0 aliphatic carbocycles. The molecule has 4 heterocycles. The van der Waals surface area contributed by atoms with Gasteiger partial charge in [0.05, 0.1) is 28.6 Å². The molecule has 0 saturated heterocycles. The van der Waals surface area contributed by atoms with Crippen molar-refractivity contribution < 1.29 is 4.39 Å². The van der Waals surface area contributed by atoms with E-state index in [-0.39, 0.29) is 5.82 Å². The molecule has 0 fully saturated rings. The third kappa shape index (κ3) is 5.28. The zero-order valence-electron chi connectivity index (χ0n) is 22.2. The first-order chi connectivity index (χ1) is 18.9. The van der Waals surface area contributed by atoms with Crippen LogP contribution in [-0.4, -0.2) is 50.7 Å². The predicted molar refractivity (Wildman–Crippen MR) is 157 cm³/mol. The Hall–Kier alpha value is -4.82. The van der Waals surface area contributed by atoms with Gasteiger partial charge in [-0.1, -0.05) is 37.4 Å². The Morgan fingerprint density at radius 1 is 1.10 bits per heavy atom. The van der Waals surface area contributed by atoms with E-state index in [4.69, 9.17) is 4.98 Å². The van der Waals surface area contributed by atoms with E-state index in [0.717, 1.165) is 50.3 Å². The Kier molecular flexibility index (Phi) is 7.21. The lowest BCUT2D eigenvalue weighted by molar-refractivity contribution is 0.438. The third-order valence-electron chi connectivity index (χ3n) is 6.34. The van der Waals surface area contributed by atoms with Crippen LogP contribution < -0.4 is 5.32 Å². The molecule has 3 N–H and O–H groups in total. The standard InChI is InChI=1S/C31H30FN7/c1-6-20(14-21(7-2)34-19(3)18-39(4)5)26-12-13-27-30(36-26)31(38-37-27)28-15-23-24(16-33-17-29(23)35-28)22-10-8-9-11-25(22)32/h6-17,34-35H,2-3,18H2,1,4-5H3,(H,37,38)/b20-6+,21-14+. The van der Waals surface area contributed by atoms with Gasteiger partial charge in [-0.3, -0.25) is 10.1 Å². The molecule has 0 radical (unpaired) electrons. The van der Waals surface area contributed by atoms with Crippen LogP contribution >= 0.6 is 0 Å². The maximum absolute atomic E-state index is 14.6. The fraction of sp³-hybridized carbons (Fsp3) is 0.129. The molecule has 0 spiro atoms. The van der Waals surface area contributed by atoms with Gasteiger partial charge in [0.1, 0.15) is 17.0 Å². The topological polar surface area (TPSA) is 85.5 Å². The van der Waals surface area contributed by atoms with Crippen molar-refractivity contribution in [3.63, 3.8) is 0 Å². The smallest absolute Gasteiger partial charge is 0.135 e. The molecular formula is C31H30FN7. The number of nitrogens with zero attached hydrogens (tertiary/aromatic N) is 4. The molecule has 0 atom stereocenters. The second-order valence-electron chi connectivity index (χ2n) is 9.49. The van der Waals surface area contributed by atoms with Gasteiger partial charge in [-0.15, -0.1) is 0 Å². The molecule has 5 aromatic rings. The van der Waals surface area contributed by atoms with E-state index in [1.54, 1.807) is 30.6 Å². The van der Waals surface area contributed by atoms with E-state index in [2.05, 4.69) is 38.6 Å². The Bertz CT molecular complexity index is 1750. The summed E-state index contributed by atoms with van der Waals surface area (Å²) in [7, 11) is 3.99. The summed E-state index contributed by atoms with van der Waals surface area (Å²) in [6, 6.07) is 12.6. The number of likely N-dealkylation sites (N-methyl/N-ethyl adjacent to an activating group) is 1. The summed E-state index contributed by atoms with van der Waals surface area (Å²) in [6.45, 7) is 10.7. The summed E-state index contributed by atoms with van der Waals surface area (Å²) in [5, 5.41) is 11.8. The second-order valence-corrected chi connectivity index (χ2v) is 9.49. The minimum absolute atomic E-state index is 0.295. The Labute approximate surface area is 226 Å². The van der Waals surface area contributed by atoms with E-state index < -0.39 is 0 Å². The number of aromatic amines is 2. The number of hydrogen-bond donors (Lipinski definition) is 3. The van der Waals surface area contributed by atoms with Gasteiger partial charge in [-0.25, -0.2) is 9.37 Å². The minimum Gasteiger partial charge on any atom is -0.358 e. The number of H-pyrrole nitrogens is 2. The van der Waals surface area contributed by atoms with Gasteiger partial charge in [0.25, 0.3) is 0 Å². The van der Waals surface area contributed by atoms with E-state index in [9.17, 15) is 4.39 Å². The number of aromatic nitrogens is 5. The first-order valence-electron chi connectivity index (χ1n) is 12.6. The first kappa shape index (κ1) is 25.8. The highest BCUT2D eigenvalue weighted by Crippen LogP contribution is 2.34. The average Bonchev–Trinajstić information content (AvgIpc) is 3.54. The molecule has 7 nitrogen and oxygen atoms in total. The molecule has 0 amide bonds. The fourth-order valence-electron chi connectivity index (χ4n) is 4.56. The zero-order chi connectivity index (χ0) is 27.5. The lowest BCUT2D eigenvalue weighted by atomic mass is 10.0. The Balaban J connectivity index is 1.54. The largest absolute Gasteiger partial charge is 0.358 e. The van der Waals surface area contributed by atoms with Crippen molar-refractivity contribution in [2.45, 2.75) is 6.92 Å². The summed E-state index contributed by atoms with van der Waals surface area (Å²) in [5.41, 5.74) is 8.36. The molecule has 8 heteroatoms. The van der Waals surface area contributed by atoms with Crippen molar-refractivity contribution in [3.05, 3.63) is 109 Å². The highest BCUT2D eigenvalue weighted by Gasteiger charge is 2.17. The summed E-state index contributed by atoms with van der Waals surface area (Å²) >= 11 is 0. The highest BCUT2D eigenvalue weighted by atomic mass is 19.1. The van der Waals surface area contributed by atoms with Crippen molar-refractivity contribution in [3.8, 4) is 22.5 Å². The normalized spacial score (nSPS) is 12.4. The van der Waals surface area contributed by atoms with Crippen molar-refractivity contribution >= 4 is 27.5 Å². The second kappa shape index (κ2) is 10.9. The van der Waals surface area contributed by atoms with Crippen LogP contribution in [-0.2, 0) is 0 Å². The lowest BCUT2D eigenvalue weighted by Gasteiger charge is -2.15. The van der Waals surface area contributed by atoms with Crippen LogP contribution in [0.3, 0.4) is 0 Å². The molecule has 0 aliphatic rings. The SMILES string of the molecule is C=C/C(=C\C(=C/C)c1ccc2[nH]nc(-c3cc4c(-c5ccccc5F)cncc4[nH]3)c2n1)NC(=C)CN(C)C. The van der Waals surface area contributed by atoms with Crippen molar-refractivity contribution in [1.82, 2.24) is 35.4 Å².